The Morgan fingerprint density at radius 1 is 1.21 bits per heavy atom. The quantitative estimate of drug-likeness (QED) is 0.646. The fourth-order valence-electron chi connectivity index (χ4n) is 5.67. The van der Waals surface area contributed by atoms with Crippen molar-refractivity contribution < 1.29 is 14.7 Å². The first-order chi connectivity index (χ1) is 15.5. The highest BCUT2D eigenvalue weighted by Crippen LogP contribution is 2.47. The topological polar surface area (TPSA) is 72.9 Å². The van der Waals surface area contributed by atoms with Crippen LogP contribution >= 0.6 is 11.6 Å². The second kappa shape index (κ2) is 9.55. The number of hydrogen-bond acceptors (Lipinski definition) is 4. The van der Waals surface area contributed by atoms with E-state index in [2.05, 4.69) is 22.0 Å². The Morgan fingerprint density at radius 2 is 1.91 bits per heavy atom. The van der Waals surface area contributed by atoms with Gasteiger partial charge in [-0.05, 0) is 76.1 Å². The number of carbonyl (C=O) groups is 2. The Kier molecular flexibility index (Phi) is 7.09. The van der Waals surface area contributed by atoms with Crippen molar-refractivity contribution in [1.82, 2.24) is 9.80 Å². The van der Waals surface area contributed by atoms with E-state index >= 15 is 0 Å². The van der Waals surface area contributed by atoms with Gasteiger partial charge in [-0.15, -0.1) is 0 Å². The molecule has 2 amide bonds. The van der Waals surface area contributed by atoms with Crippen LogP contribution in [0.15, 0.2) is 12.1 Å². The molecule has 33 heavy (non-hydrogen) atoms. The molecule has 1 aromatic rings. The average Bonchev–Trinajstić information content (AvgIpc) is 3.38. The number of rotatable bonds is 6. The van der Waals surface area contributed by atoms with Crippen LogP contribution < -0.4 is 5.32 Å². The molecule has 0 aromatic heterocycles. The van der Waals surface area contributed by atoms with E-state index in [-0.39, 0.29) is 29.7 Å². The third-order valence-corrected chi connectivity index (χ3v) is 8.08. The highest BCUT2D eigenvalue weighted by molar-refractivity contribution is 6.31. The normalized spacial score (nSPS) is 26.5. The number of amides is 2. The van der Waals surface area contributed by atoms with E-state index in [1.165, 1.54) is 12.8 Å². The lowest BCUT2D eigenvalue weighted by molar-refractivity contribution is -0.140. The van der Waals surface area contributed by atoms with Gasteiger partial charge in [-0.3, -0.25) is 14.5 Å². The lowest BCUT2D eigenvalue weighted by atomic mass is 10.0. The number of carbonyl (C=O) groups excluding carboxylic acids is 2. The molecule has 1 heterocycles. The summed E-state index contributed by atoms with van der Waals surface area (Å²) in [6.45, 7) is 10.9. The molecule has 1 aromatic carbocycles. The largest absolute Gasteiger partial charge is 0.390 e. The minimum Gasteiger partial charge on any atom is -0.390 e. The number of anilines is 1. The van der Waals surface area contributed by atoms with Gasteiger partial charge in [0.05, 0.1) is 5.60 Å². The van der Waals surface area contributed by atoms with Gasteiger partial charge in [-0.25, -0.2) is 0 Å². The molecule has 0 bridgehead atoms. The van der Waals surface area contributed by atoms with E-state index in [0.29, 0.717) is 17.4 Å². The minimum atomic E-state index is -0.839. The van der Waals surface area contributed by atoms with Crippen molar-refractivity contribution >= 4 is 29.1 Å². The first kappa shape index (κ1) is 24.5. The van der Waals surface area contributed by atoms with Gasteiger partial charge in [-0.2, -0.15) is 0 Å². The molecule has 2 N–H and O–H groups in total. The number of nitrogens with one attached hydrogen (secondary N) is 1. The zero-order valence-corrected chi connectivity index (χ0v) is 21.1. The van der Waals surface area contributed by atoms with Gasteiger partial charge in [0.2, 0.25) is 11.8 Å². The summed E-state index contributed by atoms with van der Waals surface area (Å²) < 4.78 is 0. The summed E-state index contributed by atoms with van der Waals surface area (Å²) in [6.07, 6.45) is 5.15. The monoisotopic (exact) mass is 475 g/mol. The molecule has 1 saturated heterocycles. The van der Waals surface area contributed by atoms with E-state index in [1.54, 1.807) is 19.9 Å². The highest BCUT2D eigenvalue weighted by Gasteiger charge is 2.51. The summed E-state index contributed by atoms with van der Waals surface area (Å²) in [5.41, 5.74) is 2.02. The lowest BCUT2D eigenvalue weighted by Crippen LogP contribution is -2.54. The predicted octanol–water partition coefficient (Wildman–Crippen LogP) is 4.22. The van der Waals surface area contributed by atoms with Crippen LogP contribution in [0.3, 0.4) is 0 Å². The summed E-state index contributed by atoms with van der Waals surface area (Å²) in [5, 5.41) is 13.8. The molecule has 3 aliphatic rings. The average molecular weight is 476 g/mol. The Balaban J connectivity index is 1.38. The van der Waals surface area contributed by atoms with Crippen molar-refractivity contribution in [3.8, 4) is 0 Å². The fraction of sp³-hybridized carbons (Fsp3) is 0.692. The number of piperazine rings is 1. The molecule has 3 atom stereocenters. The molecule has 2 saturated carbocycles. The van der Waals surface area contributed by atoms with Crippen LogP contribution in [0, 0.1) is 24.7 Å². The first-order valence-corrected chi connectivity index (χ1v) is 12.8. The Hall–Kier alpha value is -1.63. The predicted molar refractivity (Wildman–Crippen MR) is 131 cm³/mol. The Labute approximate surface area is 202 Å². The summed E-state index contributed by atoms with van der Waals surface area (Å²) in [7, 11) is 0. The van der Waals surface area contributed by atoms with Crippen LogP contribution in [-0.4, -0.2) is 58.0 Å². The van der Waals surface area contributed by atoms with Gasteiger partial charge in [-0.1, -0.05) is 24.4 Å². The van der Waals surface area contributed by atoms with Crippen LogP contribution in [0.4, 0.5) is 5.69 Å². The van der Waals surface area contributed by atoms with Gasteiger partial charge in [0.1, 0.15) is 0 Å². The molecule has 4 rings (SSSR count). The SMILES string of the molecule is Cc1c(CN2CCN(C(=O)C3CCCC3)[C@@H](C)C2)cc(Cl)cc1NC(=O)[C@H]1C[C@@H]1C(C)(C)O. The maximum atomic E-state index is 12.9. The van der Waals surface area contributed by atoms with Crippen LogP contribution in [0.5, 0.6) is 0 Å². The van der Waals surface area contributed by atoms with Crippen LogP contribution in [0.1, 0.15) is 64.0 Å². The van der Waals surface area contributed by atoms with Crippen LogP contribution in [0.2, 0.25) is 5.02 Å². The van der Waals surface area contributed by atoms with Gasteiger partial charge in [0.15, 0.2) is 0 Å². The van der Waals surface area contributed by atoms with Crippen LogP contribution in [-0.2, 0) is 16.1 Å². The molecule has 6 nitrogen and oxygen atoms in total. The molecule has 7 heteroatoms. The van der Waals surface area contributed by atoms with Gasteiger partial charge in [0, 0.05) is 54.8 Å². The van der Waals surface area contributed by atoms with Crippen molar-refractivity contribution in [1.29, 1.82) is 0 Å². The van der Waals surface area contributed by atoms with Crippen molar-refractivity contribution in [3.05, 3.63) is 28.3 Å². The molecule has 3 fully saturated rings. The number of hydrogen-bond donors (Lipinski definition) is 2. The van der Waals surface area contributed by atoms with E-state index < -0.39 is 5.60 Å². The molecular formula is C26H38ClN3O3. The van der Waals surface area contributed by atoms with Crippen molar-refractivity contribution in [2.45, 2.75) is 78.0 Å². The number of benzene rings is 1. The van der Waals surface area contributed by atoms with E-state index in [9.17, 15) is 14.7 Å². The van der Waals surface area contributed by atoms with Gasteiger partial charge < -0.3 is 15.3 Å². The van der Waals surface area contributed by atoms with E-state index in [0.717, 1.165) is 55.8 Å². The summed E-state index contributed by atoms with van der Waals surface area (Å²) >= 11 is 6.42. The zero-order valence-electron chi connectivity index (χ0n) is 20.4. The maximum Gasteiger partial charge on any atom is 0.227 e. The smallest absolute Gasteiger partial charge is 0.227 e. The molecule has 0 radical (unpaired) electrons. The summed E-state index contributed by atoms with van der Waals surface area (Å²) in [6, 6.07) is 3.98. The number of nitrogens with zero attached hydrogens (tertiary/aromatic N) is 2. The first-order valence-electron chi connectivity index (χ1n) is 12.4. The molecule has 0 spiro atoms. The van der Waals surface area contributed by atoms with Crippen molar-refractivity contribution in [2.24, 2.45) is 17.8 Å². The fourth-order valence-corrected chi connectivity index (χ4v) is 5.91. The molecular weight excluding hydrogens is 438 g/mol. The minimum absolute atomic E-state index is 0.00110. The van der Waals surface area contributed by atoms with Gasteiger partial charge in [0.25, 0.3) is 0 Å². The third kappa shape index (κ3) is 5.55. The van der Waals surface area contributed by atoms with Crippen LogP contribution in [0.25, 0.3) is 0 Å². The standard InChI is InChI=1S/C26H38ClN3O3/c1-16-14-29(9-10-30(16)25(32)18-7-5-6-8-18)15-19-11-20(27)12-23(17(19)2)28-24(31)21-13-22(21)26(3,4)33/h11-12,16,18,21-22,33H,5-10,13-15H2,1-4H3,(H,28,31)/t16-,21-,22-/m0/s1. The summed E-state index contributed by atoms with van der Waals surface area (Å²) in [4.78, 5) is 30.1. The zero-order chi connectivity index (χ0) is 23.9. The Bertz CT molecular complexity index is 907. The second-order valence-corrected chi connectivity index (χ2v) is 11.4. The number of halogens is 1. The molecule has 0 unspecified atom stereocenters. The molecule has 1 aliphatic heterocycles. The van der Waals surface area contributed by atoms with E-state index in [4.69, 9.17) is 11.6 Å². The second-order valence-electron chi connectivity index (χ2n) is 10.9. The maximum absolute atomic E-state index is 12.9. The lowest BCUT2D eigenvalue weighted by Gasteiger charge is -2.41. The summed E-state index contributed by atoms with van der Waals surface area (Å²) in [5.74, 6) is 0.362. The molecule has 182 valence electrons. The third-order valence-electron chi connectivity index (χ3n) is 7.87. The van der Waals surface area contributed by atoms with Crippen molar-refractivity contribution in [2.75, 3.05) is 25.0 Å². The molecule has 2 aliphatic carbocycles. The van der Waals surface area contributed by atoms with Crippen molar-refractivity contribution in [3.63, 3.8) is 0 Å². The number of aliphatic hydroxyl groups is 1. The Morgan fingerprint density at radius 3 is 2.52 bits per heavy atom. The van der Waals surface area contributed by atoms with E-state index in [1.807, 2.05) is 13.0 Å². The highest BCUT2D eigenvalue weighted by atomic mass is 35.5. The van der Waals surface area contributed by atoms with Gasteiger partial charge >= 0.3 is 0 Å².